The fraction of sp³-hybridized carbons (Fsp3) is 0.348. The van der Waals surface area contributed by atoms with Gasteiger partial charge >= 0.3 is 0 Å². The first-order chi connectivity index (χ1) is 14.0. The van der Waals surface area contributed by atoms with Gasteiger partial charge in [-0.25, -0.2) is 0 Å². The maximum Gasteiger partial charge on any atom is 0.261 e. The lowest BCUT2D eigenvalue weighted by molar-refractivity contribution is -0.133. The Hall–Kier alpha value is -2.99. The van der Waals surface area contributed by atoms with Gasteiger partial charge in [0, 0.05) is 18.7 Å². The minimum Gasteiger partial charge on any atom is -0.350 e. The minimum atomic E-state index is -0.408. The highest BCUT2D eigenvalue weighted by Gasteiger charge is 2.31. The Bertz CT molecular complexity index is 906. The second-order valence-corrected chi connectivity index (χ2v) is 7.13. The fourth-order valence-electron chi connectivity index (χ4n) is 3.53. The molecule has 1 heterocycles. The zero-order valence-corrected chi connectivity index (χ0v) is 17.0. The third-order valence-electron chi connectivity index (χ3n) is 5.32. The molecule has 0 aliphatic carbocycles. The molecule has 1 aliphatic rings. The third kappa shape index (κ3) is 4.90. The van der Waals surface area contributed by atoms with Gasteiger partial charge in [0.2, 0.25) is 11.8 Å². The highest BCUT2D eigenvalue weighted by atomic mass is 16.2. The van der Waals surface area contributed by atoms with Gasteiger partial charge in [0.25, 0.3) is 5.91 Å². The second kappa shape index (κ2) is 9.47. The van der Waals surface area contributed by atoms with Crippen LogP contribution in [-0.2, 0) is 29.1 Å². The van der Waals surface area contributed by atoms with Crippen LogP contribution >= 0.6 is 0 Å². The van der Waals surface area contributed by atoms with Crippen molar-refractivity contribution >= 4 is 17.7 Å². The number of benzene rings is 2. The molecule has 2 aromatic carbocycles. The van der Waals surface area contributed by atoms with Crippen molar-refractivity contribution in [3.8, 4) is 0 Å². The average Bonchev–Trinajstić information content (AvgIpc) is 2.74. The van der Waals surface area contributed by atoms with E-state index in [1.165, 1.54) is 0 Å². The molecule has 152 valence electrons. The normalized spacial score (nSPS) is 13.6. The Kier molecular flexibility index (Phi) is 6.77. The lowest BCUT2D eigenvalue weighted by Gasteiger charge is -2.26. The topological polar surface area (TPSA) is 69.7 Å². The van der Waals surface area contributed by atoms with Gasteiger partial charge in [0.05, 0.1) is 6.42 Å². The Morgan fingerprint density at radius 2 is 1.66 bits per heavy atom. The van der Waals surface area contributed by atoms with Gasteiger partial charge in [-0.2, -0.15) is 0 Å². The van der Waals surface area contributed by atoms with Crippen molar-refractivity contribution in [2.45, 2.75) is 33.4 Å². The molecule has 1 N–H and O–H groups in total. The molecule has 0 unspecified atom stereocenters. The van der Waals surface area contributed by atoms with Crippen LogP contribution in [0.1, 0.15) is 40.9 Å². The van der Waals surface area contributed by atoms with Crippen LogP contribution in [0.2, 0.25) is 0 Å². The number of fused-ring (bicyclic) bond motifs is 1. The molecule has 0 saturated carbocycles. The SMILES string of the molecule is CCN(CC)Cc1ccccc1CNC(=O)CN1C(=O)Cc2ccccc2C1=O. The molecule has 3 rings (SSSR count). The molecular formula is C23H27N3O3. The molecule has 6 nitrogen and oxygen atoms in total. The molecule has 0 bridgehead atoms. The number of amides is 3. The monoisotopic (exact) mass is 393 g/mol. The maximum atomic E-state index is 12.6. The molecule has 0 radical (unpaired) electrons. The van der Waals surface area contributed by atoms with Crippen LogP contribution < -0.4 is 5.32 Å². The summed E-state index contributed by atoms with van der Waals surface area (Å²) in [6.07, 6.45) is 0.141. The Balaban J connectivity index is 1.62. The van der Waals surface area contributed by atoms with Crippen LogP contribution in [0.5, 0.6) is 0 Å². The summed E-state index contributed by atoms with van der Waals surface area (Å²) >= 11 is 0. The number of imide groups is 1. The molecule has 1 aliphatic heterocycles. The summed E-state index contributed by atoms with van der Waals surface area (Å²) in [7, 11) is 0. The first kappa shape index (κ1) is 20.7. The molecule has 0 saturated heterocycles. The zero-order valence-electron chi connectivity index (χ0n) is 17.0. The summed E-state index contributed by atoms with van der Waals surface area (Å²) < 4.78 is 0. The van der Waals surface area contributed by atoms with Crippen molar-refractivity contribution < 1.29 is 14.4 Å². The van der Waals surface area contributed by atoms with E-state index in [4.69, 9.17) is 0 Å². The number of rotatable bonds is 8. The van der Waals surface area contributed by atoms with Crippen molar-refractivity contribution in [1.82, 2.24) is 15.1 Å². The lowest BCUT2D eigenvalue weighted by Crippen LogP contribution is -2.47. The van der Waals surface area contributed by atoms with E-state index in [9.17, 15) is 14.4 Å². The zero-order chi connectivity index (χ0) is 20.8. The molecule has 29 heavy (non-hydrogen) atoms. The first-order valence-electron chi connectivity index (χ1n) is 10.0. The number of carbonyl (C=O) groups excluding carboxylic acids is 3. The van der Waals surface area contributed by atoms with Gasteiger partial charge < -0.3 is 5.32 Å². The number of hydrogen-bond acceptors (Lipinski definition) is 4. The van der Waals surface area contributed by atoms with Crippen molar-refractivity contribution in [3.05, 3.63) is 70.8 Å². The van der Waals surface area contributed by atoms with Crippen LogP contribution in [0.15, 0.2) is 48.5 Å². The van der Waals surface area contributed by atoms with Gasteiger partial charge in [-0.05, 0) is 35.8 Å². The molecule has 2 aromatic rings. The lowest BCUT2D eigenvalue weighted by atomic mass is 9.98. The van der Waals surface area contributed by atoms with Crippen molar-refractivity contribution in [2.24, 2.45) is 0 Å². The van der Waals surface area contributed by atoms with Crippen molar-refractivity contribution in [1.29, 1.82) is 0 Å². The predicted molar refractivity (Wildman–Crippen MR) is 111 cm³/mol. The van der Waals surface area contributed by atoms with E-state index in [1.54, 1.807) is 24.3 Å². The summed E-state index contributed by atoms with van der Waals surface area (Å²) in [6.45, 7) is 7.08. The van der Waals surface area contributed by atoms with Gasteiger partial charge in [-0.15, -0.1) is 0 Å². The van der Waals surface area contributed by atoms with Crippen molar-refractivity contribution in [3.63, 3.8) is 0 Å². The summed E-state index contributed by atoms with van der Waals surface area (Å²) in [4.78, 5) is 40.8. The van der Waals surface area contributed by atoms with Gasteiger partial charge in [0.1, 0.15) is 6.54 Å². The summed E-state index contributed by atoms with van der Waals surface area (Å²) in [6, 6.07) is 15.0. The van der Waals surface area contributed by atoms with E-state index in [0.717, 1.165) is 35.7 Å². The Morgan fingerprint density at radius 3 is 2.38 bits per heavy atom. The van der Waals surface area contributed by atoms with E-state index in [-0.39, 0.29) is 24.8 Å². The third-order valence-corrected chi connectivity index (χ3v) is 5.32. The van der Waals surface area contributed by atoms with Crippen LogP contribution in [0.4, 0.5) is 0 Å². The first-order valence-corrected chi connectivity index (χ1v) is 10.0. The van der Waals surface area contributed by atoms with Gasteiger partial charge in [0.15, 0.2) is 0 Å². The predicted octanol–water partition coefficient (Wildman–Crippen LogP) is 2.37. The molecule has 3 amide bonds. The van der Waals surface area contributed by atoms with Crippen LogP contribution in [-0.4, -0.2) is 47.2 Å². The number of carbonyl (C=O) groups is 3. The molecule has 0 spiro atoms. The quantitative estimate of drug-likeness (QED) is 0.699. The van der Waals surface area contributed by atoms with E-state index in [1.807, 2.05) is 18.2 Å². The van der Waals surface area contributed by atoms with E-state index >= 15 is 0 Å². The summed E-state index contributed by atoms with van der Waals surface area (Å²) in [5.74, 6) is -1.09. The highest BCUT2D eigenvalue weighted by molar-refractivity contribution is 6.11. The molecule has 6 heteroatoms. The molecule has 0 atom stereocenters. The highest BCUT2D eigenvalue weighted by Crippen LogP contribution is 2.19. The minimum absolute atomic E-state index is 0.141. The fourth-order valence-corrected chi connectivity index (χ4v) is 3.53. The number of hydrogen-bond donors (Lipinski definition) is 1. The summed E-state index contributed by atoms with van der Waals surface area (Å²) in [5, 5.41) is 2.86. The summed E-state index contributed by atoms with van der Waals surface area (Å²) in [5.41, 5.74) is 3.40. The van der Waals surface area contributed by atoms with Crippen LogP contribution in [0.3, 0.4) is 0 Å². The second-order valence-electron chi connectivity index (χ2n) is 7.13. The maximum absolute atomic E-state index is 12.6. The van der Waals surface area contributed by atoms with E-state index in [0.29, 0.717) is 17.7 Å². The van der Waals surface area contributed by atoms with Crippen LogP contribution in [0, 0.1) is 0 Å². The van der Waals surface area contributed by atoms with Crippen molar-refractivity contribution in [2.75, 3.05) is 19.6 Å². The standard InChI is InChI=1S/C23H27N3O3/c1-3-25(4-2)15-19-11-6-5-10-18(19)14-24-21(27)16-26-22(28)13-17-9-7-8-12-20(17)23(26)29/h5-12H,3-4,13-16H2,1-2H3,(H,24,27). The molecular weight excluding hydrogens is 366 g/mol. The largest absolute Gasteiger partial charge is 0.350 e. The smallest absolute Gasteiger partial charge is 0.261 e. The van der Waals surface area contributed by atoms with Gasteiger partial charge in [-0.1, -0.05) is 56.3 Å². The van der Waals surface area contributed by atoms with E-state index in [2.05, 4.69) is 30.1 Å². The molecule has 0 fully saturated rings. The average molecular weight is 393 g/mol. The Labute approximate surface area is 171 Å². The molecule has 0 aromatic heterocycles. The number of nitrogens with one attached hydrogen (secondary N) is 1. The number of nitrogens with zero attached hydrogens (tertiary/aromatic N) is 2. The van der Waals surface area contributed by atoms with E-state index < -0.39 is 5.91 Å². The Morgan fingerprint density at radius 1 is 1.00 bits per heavy atom. The van der Waals surface area contributed by atoms with Gasteiger partial charge in [-0.3, -0.25) is 24.2 Å². The van der Waals surface area contributed by atoms with Crippen LogP contribution in [0.25, 0.3) is 0 Å².